The van der Waals surface area contributed by atoms with Crippen LogP contribution in [0.25, 0.3) is 0 Å². The van der Waals surface area contributed by atoms with Crippen LogP contribution < -0.4 is 0 Å². The molecule has 0 unspecified atom stereocenters. The zero-order chi connectivity index (χ0) is 25.5. The van der Waals surface area contributed by atoms with Gasteiger partial charge >= 0.3 is 0 Å². The van der Waals surface area contributed by atoms with Crippen molar-refractivity contribution in [3.8, 4) is 0 Å². The summed E-state index contributed by atoms with van der Waals surface area (Å²) in [6.45, 7) is 17.8. The summed E-state index contributed by atoms with van der Waals surface area (Å²) in [5.74, 6) is 0.701. The topological polar surface area (TPSA) is 54.4 Å². The molecule has 0 aromatic heterocycles. The van der Waals surface area contributed by atoms with Gasteiger partial charge in [0, 0.05) is 0 Å². The van der Waals surface area contributed by atoms with Crippen molar-refractivity contribution in [3.63, 3.8) is 0 Å². The number of aliphatic hydroxyl groups is 1. The van der Waals surface area contributed by atoms with Crippen molar-refractivity contribution in [1.29, 1.82) is 0 Å². The Bertz CT molecular complexity index is 1030. The van der Waals surface area contributed by atoms with Crippen molar-refractivity contribution < 1.29 is 13.5 Å². The number of rotatable bonds is 5. The van der Waals surface area contributed by atoms with Crippen LogP contribution in [-0.2, 0) is 9.84 Å². The van der Waals surface area contributed by atoms with Crippen LogP contribution in [0.15, 0.2) is 59.3 Å². The van der Waals surface area contributed by atoms with E-state index in [1.165, 1.54) is 29.6 Å². The lowest BCUT2D eigenvalue weighted by Crippen LogP contribution is -2.42. The number of hydrogen-bond donors (Lipinski definition) is 1. The van der Waals surface area contributed by atoms with E-state index in [2.05, 4.69) is 44.7 Å². The molecule has 1 N–H and O–H groups in total. The molecule has 0 aromatic carbocycles. The van der Waals surface area contributed by atoms with Gasteiger partial charge in [-0.25, -0.2) is 8.42 Å². The molecule has 3 rings (SSSR count). The lowest BCUT2D eigenvalue weighted by Gasteiger charge is -2.42. The first-order chi connectivity index (χ1) is 15.6. The van der Waals surface area contributed by atoms with E-state index in [1.807, 2.05) is 19.9 Å². The summed E-state index contributed by atoms with van der Waals surface area (Å²) in [4.78, 5) is 0. The molecule has 0 heterocycles. The van der Waals surface area contributed by atoms with Gasteiger partial charge in [-0.3, -0.25) is 0 Å². The maximum absolute atomic E-state index is 13.1. The summed E-state index contributed by atoms with van der Waals surface area (Å²) in [6.07, 6.45) is 17.7. The average Bonchev–Trinajstić information content (AvgIpc) is 3.09. The Balaban J connectivity index is 1.80. The molecule has 0 amide bonds. The SMILES string of the molecule is C=C1CC[C@H](O)C/C1=C/C=C1\CCC[C@]2(C)C([C@H](C)/C=C/C(C)(C)S(=O)(=O)C(C)(C)C)=CC[C@@H]12. The van der Waals surface area contributed by atoms with Gasteiger partial charge in [0.1, 0.15) is 0 Å². The van der Waals surface area contributed by atoms with E-state index in [0.717, 1.165) is 31.3 Å². The van der Waals surface area contributed by atoms with Crippen molar-refractivity contribution in [1.82, 2.24) is 0 Å². The molecule has 3 aliphatic carbocycles. The third-order valence-corrected chi connectivity index (χ3v) is 11.7. The quantitative estimate of drug-likeness (QED) is 0.416. The normalized spacial score (nSPS) is 32.4. The van der Waals surface area contributed by atoms with Crippen LogP contribution in [0.2, 0.25) is 0 Å². The molecule has 0 bridgehead atoms. The molecule has 4 heteroatoms. The van der Waals surface area contributed by atoms with E-state index in [0.29, 0.717) is 12.3 Å². The second kappa shape index (κ2) is 9.58. The molecule has 4 atom stereocenters. The molecule has 2 fully saturated rings. The molecule has 0 radical (unpaired) electrons. The number of allylic oxidation sites excluding steroid dienone is 7. The Morgan fingerprint density at radius 1 is 1.18 bits per heavy atom. The molecule has 3 aliphatic rings. The minimum atomic E-state index is -3.32. The standard InChI is InChI=1S/C30H46O3S/c1-21-11-14-25(31)20-24(21)13-12-23-10-9-18-30(8)26(15-16-27(23)30)22(2)17-19-29(6,7)34(32,33)28(3,4)5/h12-13,15,17,19,22,25,27,31H,1,9-11,14,16,18,20H2,2-8H3/b19-17+,23-12+,24-13-/t22-,25+,27+,30-/m1/s1. The summed E-state index contributed by atoms with van der Waals surface area (Å²) < 4.78 is 24.5. The van der Waals surface area contributed by atoms with Gasteiger partial charge < -0.3 is 5.11 Å². The van der Waals surface area contributed by atoms with Crippen LogP contribution >= 0.6 is 0 Å². The number of fused-ring (bicyclic) bond motifs is 1. The van der Waals surface area contributed by atoms with Gasteiger partial charge in [-0.1, -0.05) is 67.5 Å². The van der Waals surface area contributed by atoms with Gasteiger partial charge in [0.15, 0.2) is 9.84 Å². The number of sulfone groups is 1. The minimum absolute atomic E-state index is 0.114. The van der Waals surface area contributed by atoms with E-state index in [-0.39, 0.29) is 17.4 Å². The predicted octanol–water partition coefficient (Wildman–Crippen LogP) is 7.26. The van der Waals surface area contributed by atoms with Gasteiger partial charge in [-0.15, -0.1) is 0 Å². The molecular weight excluding hydrogens is 440 g/mol. The van der Waals surface area contributed by atoms with Crippen molar-refractivity contribution in [2.45, 2.75) is 109 Å². The summed E-state index contributed by atoms with van der Waals surface area (Å²) in [7, 11) is -3.32. The van der Waals surface area contributed by atoms with E-state index in [1.54, 1.807) is 20.8 Å². The van der Waals surface area contributed by atoms with Crippen molar-refractivity contribution in [2.75, 3.05) is 0 Å². The maximum Gasteiger partial charge on any atom is 0.163 e. The molecule has 0 saturated heterocycles. The van der Waals surface area contributed by atoms with E-state index in [9.17, 15) is 13.5 Å². The Kier molecular flexibility index (Phi) is 7.66. The van der Waals surface area contributed by atoms with Crippen molar-refractivity contribution in [2.24, 2.45) is 17.3 Å². The first-order valence-corrected chi connectivity index (χ1v) is 14.5. The molecule has 0 aliphatic heterocycles. The highest BCUT2D eigenvalue weighted by atomic mass is 32.2. The Morgan fingerprint density at radius 3 is 2.50 bits per heavy atom. The van der Waals surface area contributed by atoms with Crippen molar-refractivity contribution in [3.05, 3.63) is 59.3 Å². The lowest BCUT2D eigenvalue weighted by molar-refractivity contribution is 0.158. The Hall–Kier alpha value is -1.39. The number of hydrogen-bond acceptors (Lipinski definition) is 3. The van der Waals surface area contributed by atoms with Crippen molar-refractivity contribution >= 4 is 9.84 Å². The zero-order valence-electron chi connectivity index (χ0n) is 22.4. The third kappa shape index (κ3) is 5.09. The van der Waals surface area contributed by atoms with Crippen LogP contribution in [0.3, 0.4) is 0 Å². The molecule has 3 nitrogen and oxygen atoms in total. The summed E-state index contributed by atoms with van der Waals surface area (Å²) in [5.41, 5.74) is 5.43. The molecule has 0 aromatic rings. The van der Waals surface area contributed by atoms with E-state index >= 15 is 0 Å². The minimum Gasteiger partial charge on any atom is -0.393 e. The fourth-order valence-corrected chi connectivity index (χ4v) is 8.15. The molecular formula is C30H46O3S. The van der Waals surface area contributed by atoms with Crippen LogP contribution in [-0.4, -0.2) is 29.1 Å². The van der Waals surface area contributed by atoms with E-state index in [4.69, 9.17) is 0 Å². The van der Waals surface area contributed by atoms with E-state index < -0.39 is 19.3 Å². The zero-order valence-corrected chi connectivity index (χ0v) is 23.3. The monoisotopic (exact) mass is 486 g/mol. The maximum atomic E-state index is 13.1. The molecule has 34 heavy (non-hydrogen) atoms. The second-order valence-electron chi connectivity index (χ2n) is 12.5. The highest BCUT2D eigenvalue weighted by Gasteiger charge is 2.46. The predicted molar refractivity (Wildman–Crippen MR) is 144 cm³/mol. The second-order valence-corrected chi connectivity index (χ2v) is 15.8. The van der Waals surface area contributed by atoms with Gasteiger partial charge in [0.25, 0.3) is 0 Å². The number of aliphatic hydroxyl groups excluding tert-OH is 1. The van der Waals surface area contributed by atoms with Gasteiger partial charge in [-0.05, 0) is 102 Å². The van der Waals surface area contributed by atoms with Crippen LogP contribution in [0.4, 0.5) is 0 Å². The first-order valence-electron chi connectivity index (χ1n) is 13.0. The molecule has 0 spiro atoms. The largest absolute Gasteiger partial charge is 0.393 e. The van der Waals surface area contributed by atoms with Gasteiger partial charge in [-0.2, -0.15) is 0 Å². The summed E-state index contributed by atoms with van der Waals surface area (Å²) in [6, 6.07) is 0. The molecule has 2 saturated carbocycles. The Labute approximate surface area is 208 Å². The van der Waals surface area contributed by atoms with Crippen LogP contribution in [0, 0.1) is 17.3 Å². The van der Waals surface area contributed by atoms with Gasteiger partial charge in [0.2, 0.25) is 0 Å². The molecule has 190 valence electrons. The first kappa shape index (κ1) is 27.2. The fraction of sp³-hybridized carbons (Fsp3) is 0.667. The lowest BCUT2D eigenvalue weighted by atomic mass is 9.62. The van der Waals surface area contributed by atoms with Crippen LogP contribution in [0.5, 0.6) is 0 Å². The highest BCUT2D eigenvalue weighted by Crippen LogP contribution is 2.56. The fourth-order valence-electron chi connectivity index (χ4n) is 6.31. The Morgan fingerprint density at radius 2 is 1.85 bits per heavy atom. The third-order valence-electron chi connectivity index (χ3n) is 8.57. The van der Waals surface area contributed by atoms with Crippen LogP contribution in [0.1, 0.15) is 93.4 Å². The average molecular weight is 487 g/mol. The van der Waals surface area contributed by atoms with Gasteiger partial charge in [0.05, 0.1) is 15.6 Å². The summed E-state index contributed by atoms with van der Waals surface area (Å²) in [5, 5.41) is 10.1. The highest BCUT2D eigenvalue weighted by molar-refractivity contribution is 7.94. The summed E-state index contributed by atoms with van der Waals surface area (Å²) >= 11 is 0. The smallest absolute Gasteiger partial charge is 0.163 e.